The summed E-state index contributed by atoms with van der Waals surface area (Å²) in [5.41, 5.74) is 7.07. The van der Waals surface area contributed by atoms with Gasteiger partial charge in [0, 0.05) is 12.4 Å². The minimum atomic E-state index is -0.104. The first-order chi connectivity index (χ1) is 5.91. The van der Waals surface area contributed by atoms with Gasteiger partial charge in [0.15, 0.2) is 0 Å². The van der Waals surface area contributed by atoms with Crippen molar-refractivity contribution in [3.63, 3.8) is 0 Å². The highest BCUT2D eigenvalue weighted by atomic mass is 14.9. The monoisotopic (exact) mass is 179 g/mol. The molecular weight excluding hydrogens is 162 g/mol. The molecule has 0 saturated carbocycles. The van der Waals surface area contributed by atoms with Gasteiger partial charge in [-0.15, -0.1) is 0 Å². The fourth-order valence-electron chi connectivity index (χ4n) is 0.950. The summed E-state index contributed by atoms with van der Waals surface area (Å²) in [6.45, 7) is 8.22. The molecule has 0 aliphatic heterocycles. The lowest BCUT2D eigenvalue weighted by molar-refractivity contribution is 0.315. The SMILES string of the molecule is Cc1cnc(C(N)C(C)(C)C)nc1. The fourth-order valence-corrected chi connectivity index (χ4v) is 0.950. The minimum absolute atomic E-state index is 0.00918. The van der Waals surface area contributed by atoms with E-state index in [0.29, 0.717) is 0 Å². The quantitative estimate of drug-likeness (QED) is 0.715. The van der Waals surface area contributed by atoms with E-state index in [4.69, 9.17) is 5.73 Å². The minimum Gasteiger partial charge on any atom is -0.321 e. The summed E-state index contributed by atoms with van der Waals surface area (Å²) < 4.78 is 0. The van der Waals surface area contributed by atoms with Crippen LogP contribution in [0.4, 0.5) is 0 Å². The highest BCUT2D eigenvalue weighted by Gasteiger charge is 2.24. The van der Waals surface area contributed by atoms with E-state index in [1.165, 1.54) is 0 Å². The van der Waals surface area contributed by atoms with E-state index in [1.54, 1.807) is 12.4 Å². The van der Waals surface area contributed by atoms with E-state index in [1.807, 2.05) is 6.92 Å². The van der Waals surface area contributed by atoms with Gasteiger partial charge in [-0.05, 0) is 17.9 Å². The molecule has 0 aromatic carbocycles. The van der Waals surface area contributed by atoms with E-state index < -0.39 is 0 Å². The molecule has 1 aromatic heterocycles. The Labute approximate surface area is 79.4 Å². The molecular formula is C10H17N3. The highest BCUT2D eigenvalue weighted by molar-refractivity contribution is 5.05. The topological polar surface area (TPSA) is 51.8 Å². The molecule has 0 aliphatic carbocycles. The Hall–Kier alpha value is -0.960. The fraction of sp³-hybridized carbons (Fsp3) is 0.600. The first-order valence-electron chi connectivity index (χ1n) is 4.45. The van der Waals surface area contributed by atoms with Gasteiger partial charge in [-0.25, -0.2) is 9.97 Å². The van der Waals surface area contributed by atoms with Gasteiger partial charge in [-0.1, -0.05) is 20.8 Å². The van der Waals surface area contributed by atoms with Crippen molar-refractivity contribution in [2.45, 2.75) is 33.7 Å². The third-order valence-corrected chi connectivity index (χ3v) is 2.01. The Bertz CT molecular complexity index is 271. The standard InChI is InChI=1S/C10H17N3/c1-7-5-12-9(13-6-7)8(11)10(2,3)4/h5-6,8H,11H2,1-4H3. The molecule has 1 atom stereocenters. The van der Waals surface area contributed by atoms with Crippen molar-refractivity contribution in [2.75, 3.05) is 0 Å². The number of rotatable bonds is 1. The van der Waals surface area contributed by atoms with Gasteiger partial charge in [0.05, 0.1) is 6.04 Å². The van der Waals surface area contributed by atoms with E-state index in [0.717, 1.165) is 11.4 Å². The molecule has 0 bridgehead atoms. The zero-order chi connectivity index (χ0) is 10.1. The van der Waals surface area contributed by atoms with Gasteiger partial charge in [-0.2, -0.15) is 0 Å². The molecule has 3 nitrogen and oxygen atoms in total. The van der Waals surface area contributed by atoms with Crippen molar-refractivity contribution in [3.05, 3.63) is 23.8 Å². The smallest absolute Gasteiger partial charge is 0.145 e. The van der Waals surface area contributed by atoms with Crippen molar-refractivity contribution >= 4 is 0 Å². The number of hydrogen-bond donors (Lipinski definition) is 1. The Morgan fingerprint density at radius 3 is 2.08 bits per heavy atom. The van der Waals surface area contributed by atoms with Gasteiger partial charge in [0.2, 0.25) is 0 Å². The molecule has 3 heteroatoms. The average Bonchev–Trinajstić information content (AvgIpc) is 2.03. The van der Waals surface area contributed by atoms with E-state index in [-0.39, 0.29) is 11.5 Å². The molecule has 0 aliphatic rings. The first-order valence-corrected chi connectivity index (χ1v) is 4.45. The normalized spacial score (nSPS) is 14.2. The summed E-state index contributed by atoms with van der Waals surface area (Å²) in [7, 11) is 0. The second-order valence-corrected chi connectivity index (χ2v) is 4.46. The second kappa shape index (κ2) is 3.42. The maximum Gasteiger partial charge on any atom is 0.145 e. The van der Waals surface area contributed by atoms with Crippen molar-refractivity contribution < 1.29 is 0 Å². The Kier molecular flexibility index (Phi) is 2.66. The van der Waals surface area contributed by atoms with E-state index in [9.17, 15) is 0 Å². The maximum absolute atomic E-state index is 6.00. The summed E-state index contributed by atoms with van der Waals surface area (Å²) in [4.78, 5) is 8.42. The van der Waals surface area contributed by atoms with E-state index in [2.05, 4.69) is 30.7 Å². The molecule has 0 spiro atoms. The van der Waals surface area contributed by atoms with Gasteiger partial charge >= 0.3 is 0 Å². The summed E-state index contributed by atoms with van der Waals surface area (Å²) in [6.07, 6.45) is 3.60. The van der Waals surface area contributed by atoms with Gasteiger partial charge in [0.25, 0.3) is 0 Å². The predicted octanol–water partition coefficient (Wildman–Crippen LogP) is 1.83. The summed E-state index contributed by atoms with van der Waals surface area (Å²) in [6, 6.07) is -0.104. The third kappa shape index (κ3) is 2.49. The predicted molar refractivity (Wildman–Crippen MR) is 53.2 cm³/mol. The van der Waals surface area contributed by atoms with Crippen LogP contribution in [0.5, 0.6) is 0 Å². The summed E-state index contributed by atoms with van der Waals surface area (Å²) >= 11 is 0. The lowest BCUT2D eigenvalue weighted by Gasteiger charge is -2.25. The number of nitrogens with two attached hydrogens (primary N) is 1. The van der Waals surface area contributed by atoms with Gasteiger partial charge in [0.1, 0.15) is 5.82 Å². The van der Waals surface area contributed by atoms with Crippen LogP contribution < -0.4 is 5.73 Å². The van der Waals surface area contributed by atoms with E-state index >= 15 is 0 Å². The summed E-state index contributed by atoms with van der Waals surface area (Å²) in [5, 5.41) is 0. The molecule has 1 rings (SSSR count). The maximum atomic E-state index is 6.00. The zero-order valence-corrected chi connectivity index (χ0v) is 8.70. The number of hydrogen-bond acceptors (Lipinski definition) is 3. The molecule has 0 fully saturated rings. The molecule has 0 radical (unpaired) electrons. The highest BCUT2D eigenvalue weighted by Crippen LogP contribution is 2.27. The molecule has 2 N–H and O–H groups in total. The number of nitrogens with zero attached hydrogens (tertiary/aromatic N) is 2. The zero-order valence-electron chi connectivity index (χ0n) is 8.70. The average molecular weight is 179 g/mol. The third-order valence-electron chi connectivity index (χ3n) is 2.01. The largest absolute Gasteiger partial charge is 0.321 e. The van der Waals surface area contributed by atoms with Crippen LogP contribution in [-0.4, -0.2) is 9.97 Å². The van der Waals surface area contributed by atoms with Gasteiger partial charge in [-0.3, -0.25) is 0 Å². The Morgan fingerprint density at radius 2 is 1.69 bits per heavy atom. The van der Waals surface area contributed by atoms with Crippen LogP contribution in [0.2, 0.25) is 0 Å². The Balaban J connectivity index is 2.90. The van der Waals surface area contributed by atoms with Gasteiger partial charge < -0.3 is 5.73 Å². The molecule has 1 unspecified atom stereocenters. The second-order valence-electron chi connectivity index (χ2n) is 4.46. The van der Waals surface area contributed by atoms with Crippen LogP contribution in [-0.2, 0) is 0 Å². The molecule has 0 saturated heterocycles. The molecule has 1 heterocycles. The summed E-state index contributed by atoms with van der Waals surface area (Å²) in [5.74, 6) is 0.720. The van der Waals surface area contributed by atoms with Crippen LogP contribution in [0.15, 0.2) is 12.4 Å². The van der Waals surface area contributed by atoms with Crippen molar-refractivity contribution in [1.29, 1.82) is 0 Å². The number of aromatic nitrogens is 2. The van der Waals surface area contributed by atoms with Crippen LogP contribution in [0, 0.1) is 12.3 Å². The lowest BCUT2D eigenvalue weighted by Crippen LogP contribution is -2.28. The molecule has 72 valence electrons. The van der Waals surface area contributed by atoms with Crippen LogP contribution in [0.3, 0.4) is 0 Å². The van der Waals surface area contributed by atoms with Crippen LogP contribution in [0.25, 0.3) is 0 Å². The van der Waals surface area contributed by atoms with Crippen LogP contribution in [0.1, 0.15) is 38.2 Å². The lowest BCUT2D eigenvalue weighted by atomic mass is 9.87. The van der Waals surface area contributed by atoms with Crippen molar-refractivity contribution in [3.8, 4) is 0 Å². The van der Waals surface area contributed by atoms with Crippen molar-refractivity contribution in [2.24, 2.45) is 11.1 Å². The first kappa shape index (κ1) is 10.1. The Morgan fingerprint density at radius 1 is 1.23 bits per heavy atom. The molecule has 0 amide bonds. The molecule has 13 heavy (non-hydrogen) atoms. The van der Waals surface area contributed by atoms with Crippen LogP contribution >= 0.6 is 0 Å². The van der Waals surface area contributed by atoms with Crippen molar-refractivity contribution in [1.82, 2.24) is 9.97 Å². The number of aryl methyl sites for hydroxylation is 1. The molecule has 1 aromatic rings.